The van der Waals surface area contributed by atoms with Gasteiger partial charge in [-0.25, -0.2) is 0 Å². The van der Waals surface area contributed by atoms with Crippen LogP contribution in [0.5, 0.6) is 0 Å². The minimum absolute atomic E-state index is 0.0928. The molecule has 0 unspecified atom stereocenters. The Morgan fingerprint density at radius 2 is 2.09 bits per heavy atom. The Morgan fingerprint density at radius 3 is 2.86 bits per heavy atom. The van der Waals surface area contributed by atoms with Gasteiger partial charge in [0.1, 0.15) is 6.54 Å². The molecule has 3 rings (SSSR count). The van der Waals surface area contributed by atoms with Gasteiger partial charge in [-0.1, -0.05) is 29.8 Å². The fourth-order valence-electron chi connectivity index (χ4n) is 2.28. The van der Waals surface area contributed by atoms with E-state index < -0.39 is 0 Å². The average molecular weight is 332 g/mol. The highest BCUT2D eigenvalue weighted by atomic mass is 35.5. The Kier molecular flexibility index (Phi) is 4.00. The Hall–Kier alpha value is -2.11. The van der Waals surface area contributed by atoms with Gasteiger partial charge in [0.05, 0.1) is 11.4 Å². The monoisotopic (exact) mass is 331 g/mol. The number of hydrogen-bond acceptors (Lipinski definition) is 2. The van der Waals surface area contributed by atoms with Crippen LogP contribution in [0.2, 0.25) is 5.02 Å². The highest BCUT2D eigenvalue weighted by molar-refractivity contribution is 7.80. The normalized spacial score (nSPS) is 13.4. The highest BCUT2D eigenvalue weighted by Crippen LogP contribution is 2.29. The summed E-state index contributed by atoms with van der Waals surface area (Å²) in [6.45, 7) is 2.12. The van der Waals surface area contributed by atoms with Crippen molar-refractivity contribution in [3.8, 4) is 0 Å². The molecular weight excluding hydrogens is 318 g/mol. The van der Waals surface area contributed by atoms with E-state index >= 15 is 0 Å². The molecule has 4 nitrogen and oxygen atoms in total. The summed E-state index contributed by atoms with van der Waals surface area (Å²) in [5.41, 5.74) is 3.42. The van der Waals surface area contributed by atoms with E-state index in [2.05, 4.69) is 10.6 Å². The lowest BCUT2D eigenvalue weighted by Gasteiger charge is -2.31. The van der Waals surface area contributed by atoms with Crippen molar-refractivity contribution in [1.29, 1.82) is 0 Å². The number of halogens is 1. The van der Waals surface area contributed by atoms with E-state index in [0.717, 1.165) is 22.6 Å². The van der Waals surface area contributed by atoms with E-state index in [9.17, 15) is 4.79 Å². The van der Waals surface area contributed by atoms with Gasteiger partial charge in [0.25, 0.3) is 0 Å². The lowest BCUT2D eigenvalue weighted by molar-refractivity contribution is -0.115. The van der Waals surface area contributed by atoms with Gasteiger partial charge in [0.2, 0.25) is 5.91 Å². The van der Waals surface area contributed by atoms with Gasteiger partial charge in [-0.3, -0.25) is 4.79 Å². The number of aryl methyl sites for hydroxylation is 1. The van der Waals surface area contributed by atoms with Gasteiger partial charge in [0.15, 0.2) is 5.11 Å². The number of carbonyl (C=O) groups is 1. The quantitative estimate of drug-likeness (QED) is 0.780. The zero-order valence-corrected chi connectivity index (χ0v) is 13.5. The van der Waals surface area contributed by atoms with Crippen LogP contribution in [-0.4, -0.2) is 17.6 Å². The molecule has 6 heteroatoms. The van der Waals surface area contributed by atoms with E-state index in [1.165, 1.54) is 0 Å². The van der Waals surface area contributed by atoms with E-state index in [-0.39, 0.29) is 12.5 Å². The van der Waals surface area contributed by atoms with Gasteiger partial charge >= 0.3 is 0 Å². The van der Waals surface area contributed by atoms with Crippen molar-refractivity contribution in [2.24, 2.45) is 0 Å². The molecule has 0 aromatic heterocycles. The Bertz CT molecular complexity index is 763. The van der Waals surface area contributed by atoms with E-state index in [1.807, 2.05) is 49.4 Å². The van der Waals surface area contributed by atoms with Gasteiger partial charge < -0.3 is 15.5 Å². The number of nitrogens with zero attached hydrogens (tertiary/aromatic N) is 1. The zero-order chi connectivity index (χ0) is 15.7. The minimum Gasteiger partial charge on any atom is -0.332 e. The van der Waals surface area contributed by atoms with Crippen LogP contribution >= 0.6 is 23.8 Å². The molecule has 1 aliphatic heterocycles. The molecule has 1 amide bonds. The van der Waals surface area contributed by atoms with Crippen molar-refractivity contribution in [3.63, 3.8) is 0 Å². The van der Waals surface area contributed by atoms with E-state index in [0.29, 0.717) is 10.1 Å². The second-order valence-electron chi connectivity index (χ2n) is 5.05. The van der Waals surface area contributed by atoms with Crippen LogP contribution in [0.3, 0.4) is 0 Å². The first-order valence-electron chi connectivity index (χ1n) is 6.78. The van der Waals surface area contributed by atoms with Crippen LogP contribution in [0.15, 0.2) is 42.5 Å². The lowest BCUT2D eigenvalue weighted by atomic mass is 10.2. The van der Waals surface area contributed by atoms with Gasteiger partial charge in [0, 0.05) is 10.7 Å². The molecule has 0 radical (unpaired) electrons. The average Bonchev–Trinajstić information content (AvgIpc) is 2.50. The molecule has 2 N–H and O–H groups in total. The van der Waals surface area contributed by atoms with Gasteiger partial charge in [-0.2, -0.15) is 0 Å². The molecule has 1 aliphatic rings. The standard InChI is InChI=1S/C16H14ClN3OS/c1-10-6-7-11(8-12(10)17)18-16(22)20-9-15(21)19-13-4-2-3-5-14(13)20/h2-8H,9H2,1H3,(H,18,22)(H,19,21). The van der Waals surface area contributed by atoms with Crippen LogP contribution in [0.1, 0.15) is 5.56 Å². The zero-order valence-electron chi connectivity index (χ0n) is 11.9. The molecule has 0 saturated carbocycles. The predicted molar refractivity (Wildman–Crippen MR) is 94.8 cm³/mol. The topological polar surface area (TPSA) is 44.4 Å². The molecule has 0 saturated heterocycles. The van der Waals surface area contributed by atoms with Crippen LogP contribution in [-0.2, 0) is 4.79 Å². The first-order valence-corrected chi connectivity index (χ1v) is 7.57. The van der Waals surface area contributed by atoms with Crippen molar-refractivity contribution in [3.05, 3.63) is 53.1 Å². The molecule has 0 atom stereocenters. The maximum absolute atomic E-state index is 11.8. The predicted octanol–water partition coefficient (Wildman–Crippen LogP) is 3.80. The Labute approximate surface area is 139 Å². The van der Waals surface area contributed by atoms with Gasteiger partial charge in [-0.05, 0) is 49.0 Å². The summed E-state index contributed by atoms with van der Waals surface area (Å²) >= 11 is 11.6. The number of amides is 1. The first-order chi connectivity index (χ1) is 10.5. The molecular formula is C16H14ClN3OS. The third kappa shape index (κ3) is 2.91. The summed E-state index contributed by atoms with van der Waals surface area (Å²) in [7, 11) is 0. The Morgan fingerprint density at radius 1 is 1.32 bits per heavy atom. The summed E-state index contributed by atoms with van der Waals surface area (Å²) in [6, 6.07) is 13.2. The molecule has 0 fully saturated rings. The number of thiocarbonyl (C=S) groups is 1. The van der Waals surface area contributed by atoms with Crippen molar-refractivity contribution >= 4 is 51.9 Å². The lowest BCUT2D eigenvalue weighted by Crippen LogP contribution is -2.44. The third-order valence-electron chi connectivity index (χ3n) is 3.44. The number of rotatable bonds is 1. The molecule has 1 heterocycles. The number of anilines is 3. The number of carbonyl (C=O) groups excluding carboxylic acids is 1. The maximum atomic E-state index is 11.8. The molecule has 0 bridgehead atoms. The van der Waals surface area contributed by atoms with Crippen molar-refractivity contribution in [2.75, 3.05) is 22.1 Å². The molecule has 2 aromatic rings. The number of para-hydroxylation sites is 2. The fourth-order valence-corrected chi connectivity index (χ4v) is 2.74. The number of hydrogen-bond donors (Lipinski definition) is 2. The van der Waals surface area contributed by atoms with Crippen LogP contribution < -0.4 is 15.5 Å². The van der Waals surface area contributed by atoms with Crippen LogP contribution in [0.4, 0.5) is 17.1 Å². The number of benzene rings is 2. The molecule has 0 spiro atoms. The van der Waals surface area contributed by atoms with Crippen LogP contribution in [0, 0.1) is 6.92 Å². The summed E-state index contributed by atoms with van der Waals surface area (Å²) in [6.07, 6.45) is 0. The second kappa shape index (κ2) is 5.94. The second-order valence-corrected chi connectivity index (χ2v) is 5.84. The first kappa shape index (κ1) is 14.8. The van der Waals surface area contributed by atoms with Crippen molar-refractivity contribution < 1.29 is 4.79 Å². The summed E-state index contributed by atoms with van der Waals surface area (Å²) in [5, 5.41) is 7.10. The number of nitrogens with one attached hydrogen (secondary N) is 2. The minimum atomic E-state index is -0.0928. The smallest absolute Gasteiger partial charge is 0.244 e. The third-order valence-corrected chi connectivity index (χ3v) is 4.17. The maximum Gasteiger partial charge on any atom is 0.244 e. The molecule has 2 aromatic carbocycles. The largest absolute Gasteiger partial charge is 0.332 e. The summed E-state index contributed by atoms with van der Waals surface area (Å²) < 4.78 is 0. The Balaban J connectivity index is 1.86. The molecule has 112 valence electrons. The summed E-state index contributed by atoms with van der Waals surface area (Å²) in [5.74, 6) is -0.0928. The summed E-state index contributed by atoms with van der Waals surface area (Å²) in [4.78, 5) is 13.6. The SMILES string of the molecule is Cc1ccc(NC(=S)N2CC(=O)Nc3ccccc32)cc1Cl. The number of fused-ring (bicyclic) bond motifs is 1. The van der Waals surface area contributed by atoms with Crippen LogP contribution in [0.25, 0.3) is 0 Å². The fraction of sp³-hybridized carbons (Fsp3) is 0.125. The molecule has 0 aliphatic carbocycles. The van der Waals surface area contributed by atoms with Gasteiger partial charge in [-0.15, -0.1) is 0 Å². The van der Waals surface area contributed by atoms with E-state index in [1.54, 1.807) is 4.90 Å². The van der Waals surface area contributed by atoms with Crippen molar-refractivity contribution in [2.45, 2.75) is 6.92 Å². The highest BCUT2D eigenvalue weighted by Gasteiger charge is 2.24. The molecule has 22 heavy (non-hydrogen) atoms. The van der Waals surface area contributed by atoms with Crippen molar-refractivity contribution in [1.82, 2.24) is 0 Å². The van der Waals surface area contributed by atoms with E-state index in [4.69, 9.17) is 23.8 Å².